The fraction of sp³-hybridized carbons (Fsp3) is 0.467. The molecule has 114 valence electrons. The predicted octanol–water partition coefficient (Wildman–Crippen LogP) is 2.59. The summed E-state index contributed by atoms with van der Waals surface area (Å²) in [7, 11) is 3.51. The average molecular weight is 290 g/mol. The Morgan fingerprint density at radius 1 is 1.29 bits per heavy atom. The van der Waals surface area contributed by atoms with Crippen LogP contribution >= 0.6 is 0 Å². The Morgan fingerprint density at radius 3 is 2.76 bits per heavy atom. The standard InChI is InChI=1S/C15H22N4O2/c1-11(2)9-16-10-14-17-18-15(21-14)19(3)12-7-5-6-8-13(12)20-4/h5-8,11,16H,9-10H2,1-4H3. The number of aromatic nitrogens is 2. The largest absolute Gasteiger partial charge is 0.495 e. The van der Waals surface area contributed by atoms with E-state index in [0.717, 1.165) is 18.0 Å². The van der Waals surface area contributed by atoms with Gasteiger partial charge >= 0.3 is 6.01 Å². The van der Waals surface area contributed by atoms with E-state index in [-0.39, 0.29) is 0 Å². The van der Waals surface area contributed by atoms with Gasteiger partial charge in [0.1, 0.15) is 5.75 Å². The third kappa shape index (κ3) is 3.95. The van der Waals surface area contributed by atoms with Gasteiger partial charge in [0, 0.05) is 7.05 Å². The highest BCUT2D eigenvalue weighted by atomic mass is 16.5. The minimum atomic E-state index is 0.445. The van der Waals surface area contributed by atoms with Crippen molar-refractivity contribution in [2.75, 3.05) is 25.6 Å². The lowest BCUT2D eigenvalue weighted by atomic mass is 10.2. The highest BCUT2D eigenvalue weighted by Gasteiger charge is 2.15. The van der Waals surface area contributed by atoms with Crippen LogP contribution in [0.4, 0.5) is 11.7 Å². The molecule has 0 spiro atoms. The summed E-state index contributed by atoms with van der Waals surface area (Å²) < 4.78 is 11.0. The normalized spacial score (nSPS) is 10.9. The summed E-state index contributed by atoms with van der Waals surface area (Å²) in [4.78, 5) is 1.82. The van der Waals surface area contributed by atoms with Crippen molar-refractivity contribution in [3.63, 3.8) is 0 Å². The van der Waals surface area contributed by atoms with Crippen molar-refractivity contribution in [1.82, 2.24) is 15.5 Å². The fourth-order valence-corrected chi connectivity index (χ4v) is 1.93. The van der Waals surface area contributed by atoms with E-state index < -0.39 is 0 Å². The molecule has 0 aliphatic rings. The molecule has 21 heavy (non-hydrogen) atoms. The maximum absolute atomic E-state index is 5.67. The molecule has 6 heteroatoms. The number of ether oxygens (including phenoxy) is 1. The first kappa shape index (κ1) is 15.3. The van der Waals surface area contributed by atoms with Crippen molar-refractivity contribution in [2.24, 2.45) is 5.92 Å². The summed E-state index contributed by atoms with van der Waals surface area (Å²) in [6, 6.07) is 8.15. The van der Waals surface area contributed by atoms with Crippen LogP contribution in [0.1, 0.15) is 19.7 Å². The number of rotatable bonds is 7. The molecular formula is C15H22N4O2. The number of nitrogens with zero attached hydrogens (tertiary/aromatic N) is 3. The second-order valence-corrected chi connectivity index (χ2v) is 5.23. The van der Waals surface area contributed by atoms with Gasteiger partial charge in [0.25, 0.3) is 0 Å². The number of hydrogen-bond acceptors (Lipinski definition) is 6. The monoisotopic (exact) mass is 290 g/mol. The molecule has 1 aromatic carbocycles. The van der Waals surface area contributed by atoms with Crippen LogP contribution in [-0.2, 0) is 6.54 Å². The number of para-hydroxylation sites is 2. The van der Waals surface area contributed by atoms with Crippen molar-refractivity contribution in [1.29, 1.82) is 0 Å². The smallest absolute Gasteiger partial charge is 0.322 e. The summed E-state index contributed by atoms with van der Waals surface area (Å²) in [5.74, 6) is 1.92. The van der Waals surface area contributed by atoms with Crippen LogP contribution < -0.4 is 15.0 Å². The Morgan fingerprint density at radius 2 is 2.05 bits per heavy atom. The fourth-order valence-electron chi connectivity index (χ4n) is 1.93. The van der Waals surface area contributed by atoms with Crippen LogP contribution in [0, 0.1) is 5.92 Å². The lowest BCUT2D eigenvalue weighted by Gasteiger charge is -2.16. The Balaban J connectivity index is 2.06. The third-order valence-electron chi connectivity index (χ3n) is 3.02. The summed E-state index contributed by atoms with van der Waals surface area (Å²) in [5, 5.41) is 11.4. The van der Waals surface area contributed by atoms with E-state index in [9.17, 15) is 0 Å². The van der Waals surface area contributed by atoms with Crippen LogP contribution in [0.3, 0.4) is 0 Å². The summed E-state index contributed by atoms with van der Waals surface area (Å²) in [6.07, 6.45) is 0. The van der Waals surface area contributed by atoms with Crippen molar-refractivity contribution in [2.45, 2.75) is 20.4 Å². The second kappa shape index (κ2) is 7.08. The van der Waals surface area contributed by atoms with Crippen molar-refractivity contribution in [3.05, 3.63) is 30.2 Å². The molecule has 0 aliphatic carbocycles. The zero-order chi connectivity index (χ0) is 15.2. The van der Waals surface area contributed by atoms with Crippen LogP contribution in [0.2, 0.25) is 0 Å². The van der Waals surface area contributed by atoms with Gasteiger partial charge in [-0.2, -0.15) is 0 Å². The molecule has 0 unspecified atom stereocenters. The van der Waals surface area contributed by atoms with E-state index in [0.29, 0.717) is 24.4 Å². The van der Waals surface area contributed by atoms with E-state index in [1.165, 1.54) is 0 Å². The van der Waals surface area contributed by atoms with Crippen molar-refractivity contribution < 1.29 is 9.15 Å². The van der Waals surface area contributed by atoms with Gasteiger partial charge in [0.15, 0.2) is 0 Å². The van der Waals surface area contributed by atoms with E-state index in [4.69, 9.17) is 9.15 Å². The second-order valence-electron chi connectivity index (χ2n) is 5.23. The topological polar surface area (TPSA) is 63.4 Å². The average Bonchev–Trinajstić information content (AvgIpc) is 2.95. The van der Waals surface area contributed by atoms with Crippen LogP contribution in [0.25, 0.3) is 0 Å². The lowest BCUT2D eigenvalue weighted by Crippen LogP contribution is -2.19. The zero-order valence-electron chi connectivity index (χ0n) is 13.0. The molecule has 1 aromatic heterocycles. The molecule has 0 amide bonds. The first-order valence-corrected chi connectivity index (χ1v) is 7.01. The van der Waals surface area contributed by atoms with Gasteiger partial charge in [-0.15, -0.1) is 5.10 Å². The van der Waals surface area contributed by atoms with Crippen LogP contribution in [0.5, 0.6) is 5.75 Å². The number of hydrogen-bond donors (Lipinski definition) is 1. The minimum absolute atomic E-state index is 0.445. The number of nitrogens with one attached hydrogen (secondary N) is 1. The predicted molar refractivity (Wildman–Crippen MR) is 81.9 cm³/mol. The van der Waals surface area contributed by atoms with Gasteiger partial charge in [0.2, 0.25) is 5.89 Å². The molecule has 0 bridgehead atoms. The van der Waals surface area contributed by atoms with E-state index in [1.54, 1.807) is 7.11 Å². The molecule has 0 radical (unpaired) electrons. The molecule has 6 nitrogen and oxygen atoms in total. The van der Waals surface area contributed by atoms with Gasteiger partial charge in [0.05, 0.1) is 19.3 Å². The Hall–Kier alpha value is -2.08. The lowest BCUT2D eigenvalue weighted by molar-refractivity contribution is 0.414. The molecular weight excluding hydrogens is 268 g/mol. The Kier molecular flexibility index (Phi) is 5.16. The third-order valence-corrected chi connectivity index (χ3v) is 3.02. The molecule has 0 saturated carbocycles. The Labute approximate surface area is 125 Å². The minimum Gasteiger partial charge on any atom is -0.495 e. The van der Waals surface area contributed by atoms with E-state index >= 15 is 0 Å². The molecule has 1 N–H and O–H groups in total. The van der Waals surface area contributed by atoms with E-state index in [1.807, 2.05) is 36.2 Å². The molecule has 0 fully saturated rings. The molecule has 0 atom stereocenters. The summed E-state index contributed by atoms with van der Waals surface area (Å²) in [6.45, 7) is 5.80. The SMILES string of the molecule is COc1ccccc1N(C)c1nnc(CNCC(C)C)o1. The van der Waals surface area contributed by atoms with Gasteiger partial charge in [-0.05, 0) is 24.6 Å². The number of benzene rings is 1. The Bertz CT molecular complexity index is 568. The van der Waals surface area contributed by atoms with Gasteiger partial charge < -0.3 is 14.5 Å². The van der Waals surface area contributed by atoms with Crippen molar-refractivity contribution in [3.8, 4) is 5.75 Å². The molecule has 0 aliphatic heterocycles. The van der Waals surface area contributed by atoms with Crippen LogP contribution in [-0.4, -0.2) is 30.9 Å². The quantitative estimate of drug-likeness (QED) is 0.845. The zero-order valence-corrected chi connectivity index (χ0v) is 13.0. The first-order valence-electron chi connectivity index (χ1n) is 7.01. The molecule has 0 saturated heterocycles. The molecule has 1 heterocycles. The van der Waals surface area contributed by atoms with Gasteiger partial charge in [-0.25, -0.2) is 0 Å². The molecule has 2 aromatic rings. The molecule has 2 rings (SSSR count). The number of methoxy groups -OCH3 is 1. The number of anilines is 2. The summed E-state index contributed by atoms with van der Waals surface area (Å²) in [5.41, 5.74) is 0.880. The van der Waals surface area contributed by atoms with Gasteiger partial charge in [-0.3, -0.25) is 4.90 Å². The highest BCUT2D eigenvalue weighted by Crippen LogP contribution is 2.31. The highest BCUT2D eigenvalue weighted by molar-refractivity contribution is 5.63. The maximum Gasteiger partial charge on any atom is 0.322 e. The van der Waals surface area contributed by atoms with Crippen LogP contribution in [0.15, 0.2) is 28.7 Å². The first-order chi connectivity index (χ1) is 10.1. The summed E-state index contributed by atoms with van der Waals surface area (Å²) >= 11 is 0. The van der Waals surface area contributed by atoms with Gasteiger partial charge in [-0.1, -0.05) is 31.1 Å². The van der Waals surface area contributed by atoms with Crippen molar-refractivity contribution >= 4 is 11.7 Å². The van der Waals surface area contributed by atoms with E-state index in [2.05, 4.69) is 29.4 Å². The maximum atomic E-state index is 5.67.